The summed E-state index contributed by atoms with van der Waals surface area (Å²) in [6.45, 7) is 0. The molecule has 0 bridgehead atoms. The third-order valence-electron chi connectivity index (χ3n) is 1.56. The number of aliphatic hydroxyl groups is 4. The van der Waals surface area contributed by atoms with E-state index in [9.17, 15) is 39.6 Å². The van der Waals surface area contributed by atoms with Gasteiger partial charge in [0.1, 0.15) is 24.4 Å². The summed E-state index contributed by atoms with van der Waals surface area (Å²) < 4.78 is 0. The number of rotatable bonds is 6. The molecule has 0 aromatic rings. The van der Waals surface area contributed by atoms with Crippen LogP contribution in [0.25, 0.3) is 0 Å². The second kappa shape index (κ2) is 18.3. The Morgan fingerprint density at radius 3 is 0.652 bits per heavy atom. The van der Waals surface area contributed by atoms with Gasteiger partial charge in [-0.2, -0.15) is 0 Å². The number of hydrogen-bond acceptors (Lipinski definition) is 12. The molecule has 0 saturated heterocycles. The normalized spacial score (nSPS) is 13.7. The van der Waals surface area contributed by atoms with Crippen LogP contribution in [-0.4, -0.2) is 68.7 Å². The molecule has 0 aliphatic heterocycles. The van der Waals surface area contributed by atoms with E-state index in [1.165, 1.54) is 0 Å². The summed E-state index contributed by atoms with van der Waals surface area (Å²) in [6, 6.07) is 0. The Kier molecular flexibility index (Phi) is 28.3. The SMILES string of the molecule is O=C([O-])C(O)C(O)C(=O)[O-].O=C([O-])[C@H](O)[C@@H](O)C(=O)[O-].[Fe+2].[K+].[K+]. The van der Waals surface area contributed by atoms with Crippen molar-refractivity contribution in [2.75, 3.05) is 0 Å². The van der Waals surface area contributed by atoms with Crippen molar-refractivity contribution >= 4 is 23.9 Å². The summed E-state index contributed by atoms with van der Waals surface area (Å²) in [4.78, 5) is 38.5. The largest absolute Gasteiger partial charge is 2.00 e. The maximum Gasteiger partial charge on any atom is 2.00 e. The molecule has 4 N–H and O–H groups in total. The van der Waals surface area contributed by atoms with Gasteiger partial charge in [-0.05, 0) is 0 Å². The molecule has 0 amide bonds. The topological polar surface area (TPSA) is 241 Å². The Labute approximate surface area is 224 Å². The summed E-state index contributed by atoms with van der Waals surface area (Å²) in [5.74, 6) is -8.23. The number of carbonyl (C=O) groups excluding carboxylic acids is 4. The van der Waals surface area contributed by atoms with Crippen molar-refractivity contribution in [3.05, 3.63) is 0 Å². The maximum atomic E-state index is 9.63. The average molecular weight is 430 g/mol. The molecule has 0 aliphatic rings. The summed E-state index contributed by atoms with van der Waals surface area (Å²) in [7, 11) is 0. The van der Waals surface area contributed by atoms with Crippen LogP contribution in [0, 0.1) is 0 Å². The predicted molar refractivity (Wildman–Crippen MR) is 44.1 cm³/mol. The molecule has 12 nitrogen and oxygen atoms in total. The van der Waals surface area contributed by atoms with E-state index in [0.717, 1.165) is 0 Å². The molecule has 2 unspecified atom stereocenters. The zero-order valence-corrected chi connectivity index (χ0v) is 19.1. The van der Waals surface area contributed by atoms with Crippen molar-refractivity contribution in [2.45, 2.75) is 24.4 Å². The zero-order valence-electron chi connectivity index (χ0n) is 11.7. The Balaban J connectivity index is -0.0000000831. The van der Waals surface area contributed by atoms with Gasteiger partial charge in [-0.3, -0.25) is 0 Å². The molecule has 0 heterocycles. The van der Waals surface area contributed by atoms with Gasteiger partial charge in [-0.15, -0.1) is 0 Å². The fraction of sp³-hybridized carbons (Fsp3) is 0.500. The van der Waals surface area contributed by atoms with E-state index in [2.05, 4.69) is 0 Å². The number of carboxylic acid groups (broad SMARTS) is 4. The van der Waals surface area contributed by atoms with E-state index < -0.39 is 48.3 Å². The molecular weight excluding hydrogens is 422 g/mol. The molecule has 0 radical (unpaired) electrons. The molecule has 122 valence electrons. The fourth-order valence-electron chi connectivity index (χ4n) is 0.516. The Bertz CT molecular complexity index is 319. The number of carbonyl (C=O) groups is 4. The maximum absolute atomic E-state index is 9.63. The van der Waals surface area contributed by atoms with Gasteiger partial charge in [0.15, 0.2) is 0 Å². The molecule has 23 heavy (non-hydrogen) atoms. The minimum Gasteiger partial charge on any atom is -0.547 e. The quantitative estimate of drug-likeness (QED) is 0.287. The first-order valence-corrected chi connectivity index (χ1v) is 4.49. The number of aliphatic carboxylic acids is 4. The summed E-state index contributed by atoms with van der Waals surface area (Å²) in [6.07, 6.45) is -9.76. The number of aliphatic hydroxyl groups excluding tert-OH is 4. The van der Waals surface area contributed by atoms with Crippen molar-refractivity contribution in [1.29, 1.82) is 0 Å². The van der Waals surface area contributed by atoms with E-state index in [0.29, 0.717) is 0 Å². The molecule has 0 aliphatic carbocycles. The van der Waals surface area contributed by atoms with Gasteiger partial charge < -0.3 is 60.0 Å². The van der Waals surface area contributed by atoms with Crippen LogP contribution < -0.4 is 123 Å². The summed E-state index contributed by atoms with van der Waals surface area (Å²) in [5, 5.41) is 71.5. The van der Waals surface area contributed by atoms with E-state index in [-0.39, 0.29) is 120 Å². The van der Waals surface area contributed by atoms with E-state index >= 15 is 0 Å². The molecule has 0 spiro atoms. The molecule has 15 heteroatoms. The van der Waals surface area contributed by atoms with E-state index in [1.807, 2.05) is 0 Å². The first-order valence-electron chi connectivity index (χ1n) is 4.49. The van der Waals surface area contributed by atoms with Gasteiger partial charge in [0.2, 0.25) is 0 Å². The smallest absolute Gasteiger partial charge is 0.547 e. The Morgan fingerprint density at radius 1 is 0.522 bits per heavy atom. The van der Waals surface area contributed by atoms with E-state index in [4.69, 9.17) is 20.4 Å². The number of carboxylic acids is 4. The van der Waals surface area contributed by atoms with E-state index in [1.54, 1.807) is 0 Å². The van der Waals surface area contributed by atoms with Crippen molar-refractivity contribution in [3.8, 4) is 0 Å². The van der Waals surface area contributed by atoms with Crippen molar-refractivity contribution in [3.63, 3.8) is 0 Å². The van der Waals surface area contributed by atoms with Gasteiger partial charge in [0, 0.05) is 0 Å². The molecule has 0 saturated carbocycles. The van der Waals surface area contributed by atoms with Crippen LogP contribution in [0.15, 0.2) is 0 Å². The van der Waals surface area contributed by atoms with Gasteiger partial charge in [-0.25, -0.2) is 0 Å². The molecule has 0 aromatic heterocycles. The molecular formula is C8H8FeK2O12. The van der Waals surface area contributed by atoms with Crippen molar-refractivity contribution in [1.82, 2.24) is 0 Å². The third-order valence-corrected chi connectivity index (χ3v) is 1.56. The van der Waals surface area contributed by atoms with Crippen LogP contribution in [0.3, 0.4) is 0 Å². The second-order valence-corrected chi connectivity index (χ2v) is 3.06. The van der Waals surface area contributed by atoms with Crippen LogP contribution in [0.4, 0.5) is 0 Å². The van der Waals surface area contributed by atoms with Crippen molar-refractivity contribution < 1.29 is 180 Å². The molecule has 4 atom stereocenters. The fourth-order valence-corrected chi connectivity index (χ4v) is 0.516. The van der Waals surface area contributed by atoms with Crippen LogP contribution in [0.1, 0.15) is 0 Å². The van der Waals surface area contributed by atoms with Gasteiger partial charge in [-0.1, -0.05) is 0 Å². The second-order valence-electron chi connectivity index (χ2n) is 3.06. The van der Waals surface area contributed by atoms with Crippen LogP contribution in [0.5, 0.6) is 0 Å². The molecule has 0 fully saturated rings. The van der Waals surface area contributed by atoms with Crippen LogP contribution in [-0.2, 0) is 36.2 Å². The first-order chi connectivity index (χ1) is 8.93. The Hall–Kier alpha value is 1.51. The Morgan fingerprint density at radius 2 is 0.609 bits per heavy atom. The van der Waals surface area contributed by atoms with Gasteiger partial charge >= 0.3 is 120 Å². The average Bonchev–Trinajstić information content (AvgIpc) is 2.35. The molecule has 0 aromatic carbocycles. The minimum absolute atomic E-state index is 0. The summed E-state index contributed by atoms with van der Waals surface area (Å²) >= 11 is 0. The molecule has 0 rings (SSSR count). The predicted octanol–water partition coefficient (Wildman–Crippen LogP) is -15.6. The minimum atomic E-state index is -2.44. The third kappa shape index (κ3) is 16.7. The zero-order chi connectivity index (χ0) is 16.6. The van der Waals surface area contributed by atoms with Crippen LogP contribution in [0.2, 0.25) is 0 Å². The summed E-state index contributed by atoms with van der Waals surface area (Å²) in [5.41, 5.74) is 0. The first kappa shape index (κ1) is 35.6. The van der Waals surface area contributed by atoms with Crippen LogP contribution >= 0.6 is 0 Å². The monoisotopic (exact) mass is 430 g/mol. The standard InChI is InChI=1S/2C4H6O6.Fe.2K/c2*5-1(3(7)8)2(6)4(9)10;;;/h2*1-2,5-6H,(H,7,8)(H,9,10);;;/q;;+2;2*+1/p-4/t1-,2-;;;;/m1..../s1. The number of hydrogen-bond donors (Lipinski definition) is 4. The van der Waals surface area contributed by atoms with Crippen molar-refractivity contribution in [2.24, 2.45) is 0 Å². The van der Waals surface area contributed by atoms with Gasteiger partial charge in [0.25, 0.3) is 0 Å². The van der Waals surface area contributed by atoms with Gasteiger partial charge in [0.05, 0.1) is 23.9 Å².